The first-order valence-corrected chi connectivity index (χ1v) is 8.97. The molecular formula is C20H16Cl2N2O3. The van der Waals surface area contributed by atoms with Gasteiger partial charge in [0, 0.05) is 23.4 Å². The molecule has 0 spiro atoms. The summed E-state index contributed by atoms with van der Waals surface area (Å²) in [6.07, 6.45) is 0.567. The van der Waals surface area contributed by atoms with Gasteiger partial charge in [0.1, 0.15) is 11.5 Å². The fourth-order valence-corrected chi connectivity index (χ4v) is 2.81. The normalized spacial score (nSPS) is 10.4. The van der Waals surface area contributed by atoms with Crippen LogP contribution >= 0.6 is 23.2 Å². The predicted molar refractivity (Wildman–Crippen MR) is 105 cm³/mol. The quantitative estimate of drug-likeness (QED) is 0.610. The van der Waals surface area contributed by atoms with Gasteiger partial charge in [-0.05, 0) is 30.3 Å². The molecule has 0 bridgehead atoms. The van der Waals surface area contributed by atoms with Crippen LogP contribution in [0.4, 0.5) is 0 Å². The molecule has 0 fully saturated rings. The third-order valence-corrected chi connectivity index (χ3v) is 4.37. The van der Waals surface area contributed by atoms with Crippen molar-refractivity contribution in [3.05, 3.63) is 82.0 Å². The van der Waals surface area contributed by atoms with Crippen molar-refractivity contribution >= 4 is 35.0 Å². The van der Waals surface area contributed by atoms with Gasteiger partial charge in [-0.1, -0.05) is 53.5 Å². The topological polar surface area (TPSA) is 71.3 Å². The Bertz CT molecular complexity index is 955. The molecule has 1 heterocycles. The summed E-state index contributed by atoms with van der Waals surface area (Å²) in [5.41, 5.74) is 5.83. The lowest BCUT2D eigenvalue weighted by molar-refractivity contribution is -0.121. The molecule has 138 valence electrons. The standard InChI is InChI=1S/C20H16Cl2N2O3/c21-14-6-9-17(22)16(12-14)20(26)24-23-19(25)11-8-15-7-10-18(27-15)13-4-2-1-3-5-13/h1-7,9-10,12H,8,11H2,(H,23,25)(H,24,26). The summed E-state index contributed by atoms with van der Waals surface area (Å²) in [7, 11) is 0. The Morgan fingerprint density at radius 1 is 0.926 bits per heavy atom. The van der Waals surface area contributed by atoms with Gasteiger partial charge in [-0.3, -0.25) is 20.4 Å². The first kappa shape index (κ1) is 19.0. The highest BCUT2D eigenvalue weighted by molar-refractivity contribution is 6.35. The summed E-state index contributed by atoms with van der Waals surface area (Å²) >= 11 is 11.8. The van der Waals surface area contributed by atoms with E-state index in [0.717, 1.165) is 11.3 Å². The lowest BCUT2D eigenvalue weighted by Crippen LogP contribution is -2.41. The molecule has 27 heavy (non-hydrogen) atoms. The summed E-state index contributed by atoms with van der Waals surface area (Å²) in [5.74, 6) is 0.544. The number of carbonyl (C=O) groups excluding carboxylic acids is 2. The molecule has 0 aliphatic carbocycles. The fourth-order valence-electron chi connectivity index (χ4n) is 2.43. The van der Waals surface area contributed by atoms with E-state index in [-0.39, 0.29) is 22.9 Å². The maximum absolute atomic E-state index is 12.1. The van der Waals surface area contributed by atoms with Gasteiger partial charge < -0.3 is 4.42 Å². The Morgan fingerprint density at radius 3 is 2.48 bits per heavy atom. The highest BCUT2D eigenvalue weighted by Crippen LogP contribution is 2.22. The van der Waals surface area contributed by atoms with E-state index >= 15 is 0 Å². The van der Waals surface area contributed by atoms with Gasteiger partial charge in [0.15, 0.2) is 0 Å². The molecule has 0 unspecified atom stereocenters. The molecule has 0 aliphatic heterocycles. The highest BCUT2D eigenvalue weighted by Gasteiger charge is 2.12. The summed E-state index contributed by atoms with van der Waals surface area (Å²) < 4.78 is 5.74. The Kier molecular flexibility index (Phi) is 6.16. The molecule has 0 saturated heterocycles. The van der Waals surface area contributed by atoms with Gasteiger partial charge >= 0.3 is 0 Å². The molecule has 0 atom stereocenters. The van der Waals surface area contributed by atoms with Gasteiger partial charge in [0.05, 0.1) is 10.6 Å². The minimum Gasteiger partial charge on any atom is -0.461 e. The van der Waals surface area contributed by atoms with E-state index in [2.05, 4.69) is 10.9 Å². The summed E-state index contributed by atoms with van der Waals surface area (Å²) in [6, 6.07) is 17.9. The second-order valence-corrected chi connectivity index (χ2v) is 6.60. The number of halogens is 2. The number of aryl methyl sites for hydroxylation is 1. The Hall–Kier alpha value is -2.76. The number of benzene rings is 2. The average molecular weight is 403 g/mol. The average Bonchev–Trinajstić information content (AvgIpc) is 3.16. The maximum Gasteiger partial charge on any atom is 0.271 e. The highest BCUT2D eigenvalue weighted by atomic mass is 35.5. The second-order valence-electron chi connectivity index (χ2n) is 5.76. The van der Waals surface area contributed by atoms with Crippen LogP contribution in [0.2, 0.25) is 10.0 Å². The van der Waals surface area contributed by atoms with Gasteiger partial charge in [0.2, 0.25) is 5.91 Å². The van der Waals surface area contributed by atoms with Crippen LogP contribution in [0.3, 0.4) is 0 Å². The molecular weight excluding hydrogens is 387 g/mol. The predicted octanol–water partition coefficient (Wildman–Crippen LogP) is 4.65. The van der Waals surface area contributed by atoms with E-state index < -0.39 is 5.91 Å². The van der Waals surface area contributed by atoms with Crippen LogP contribution in [0.25, 0.3) is 11.3 Å². The van der Waals surface area contributed by atoms with Gasteiger partial charge in [-0.2, -0.15) is 0 Å². The van der Waals surface area contributed by atoms with Crippen molar-refractivity contribution in [2.45, 2.75) is 12.8 Å². The zero-order valence-electron chi connectivity index (χ0n) is 14.2. The minimum absolute atomic E-state index is 0.158. The maximum atomic E-state index is 12.1. The minimum atomic E-state index is -0.541. The third-order valence-electron chi connectivity index (χ3n) is 3.81. The van der Waals surface area contributed by atoms with E-state index in [0.29, 0.717) is 17.2 Å². The lowest BCUT2D eigenvalue weighted by Gasteiger charge is -2.08. The molecule has 0 saturated carbocycles. The van der Waals surface area contributed by atoms with E-state index in [9.17, 15) is 9.59 Å². The Balaban J connectivity index is 1.49. The number of furan rings is 1. The van der Waals surface area contributed by atoms with Crippen molar-refractivity contribution in [2.75, 3.05) is 0 Å². The number of rotatable bonds is 5. The summed E-state index contributed by atoms with van der Waals surface area (Å²) in [4.78, 5) is 24.0. The van der Waals surface area contributed by atoms with Crippen LogP contribution in [0.15, 0.2) is 65.1 Å². The second kappa shape index (κ2) is 8.75. The number of hydrazine groups is 1. The van der Waals surface area contributed by atoms with Crippen LogP contribution in [-0.2, 0) is 11.2 Å². The lowest BCUT2D eigenvalue weighted by atomic mass is 10.2. The number of nitrogens with one attached hydrogen (secondary N) is 2. The molecule has 1 aromatic heterocycles. The van der Waals surface area contributed by atoms with Gasteiger partial charge in [-0.15, -0.1) is 0 Å². The number of hydrogen-bond donors (Lipinski definition) is 2. The largest absolute Gasteiger partial charge is 0.461 e. The van der Waals surface area contributed by atoms with Gasteiger partial charge in [-0.25, -0.2) is 0 Å². The molecule has 3 rings (SSSR count). The number of hydrogen-bond acceptors (Lipinski definition) is 3. The molecule has 0 aliphatic rings. The van der Waals surface area contributed by atoms with Crippen LogP contribution in [0.5, 0.6) is 0 Å². The number of carbonyl (C=O) groups is 2. The molecule has 2 N–H and O–H groups in total. The van der Waals surface area contributed by atoms with Crippen molar-refractivity contribution in [3.8, 4) is 11.3 Å². The Labute approximate surface area is 166 Å². The third kappa shape index (κ3) is 5.12. The SMILES string of the molecule is O=C(CCc1ccc(-c2ccccc2)o1)NNC(=O)c1cc(Cl)ccc1Cl. The van der Waals surface area contributed by atoms with E-state index in [1.807, 2.05) is 42.5 Å². The monoisotopic (exact) mass is 402 g/mol. The zero-order valence-corrected chi connectivity index (χ0v) is 15.7. The van der Waals surface area contributed by atoms with Gasteiger partial charge in [0.25, 0.3) is 5.91 Å². The van der Waals surface area contributed by atoms with Crippen LogP contribution in [0, 0.1) is 0 Å². The summed E-state index contributed by atoms with van der Waals surface area (Å²) in [5, 5.41) is 0.623. The molecule has 0 radical (unpaired) electrons. The molecule has 7 heteroatoms. The first-order chi connectivity index (χ1) is 13.0. The number of amides is 2. The van der Waals surface area contributed by atoms with Crippen LogP contribution in [-0.4, -0.2) is 11.8 Å². The van der Waals surface area contributed by atoms with Crippen molar-refractivity contribution in [2.24, 2.45) is 0 Å². The molecule has 5 nitrogen and oxygen atoms in total. The van der Waals surface area contributed by atoms with E-state index in [1.54, 1.807) is 6.07 Å². The molecule has 2 aromatic carbocycles. The first-order valence-electron chi connectivity index (χ1n) is 8.21. The van der Waals surface area contributed by atoms with E-state index in [1.165, 1.54) is 12.1 Å². The summed E-state index contributed by atoms with van der Waals surface area (Å²) in [6.45, 7) is 0. The van der Waals surface area contributed by atoms with Crippen molar-refractivity contribution in [3.63, 3.8) is 0 Å². The van der Waals surface area contributed by atoms with E-state index in [4.69, 9.17) is 27.6 Å². The van der Waals surface area contributed by atoms with Crippen LogP contribution < -0.4 is 10.9 Å². The molecule has 2 amide bonds. The Morgan fingerprint density at radius 2 is 1.70 bits per heavy atom. The smallest absolute Gasteiger partial charge is 0.271 e. The fraction of sp³-hybridized carbons (Fsp3) is 0.100. The van der Waals surface area contributed by atoms with Crippen molar-refractivity contribution in [1.82, 2.24) is 10.9 Å². The van der Waals surface area contributed by atoms with Crippen LogP contribution in [0.1, 0.15) is 22.5 Å². The zero-order chi connectivity index (χ0) is 19.2. The van der Waals surface area contributed by atoms with Crippen molar-refractivity contribution in [1.29, 1.82) is 0 Å². The molecule has 3 aromatic rings. The van der Waals surface area contributed by atoms with Crippen molar-refractivity contribution < 1.29 is 14.0 Å².